The Bertz CT molecular complexity index is 575. The highest BCUT2D eigenvalue weighted by molar-refractivity contribution is 6.30. The zero-order chi connectivity index (χ0) is 12.3. The first kappa shape index (κ1) is 11.4. The number of ether oxygens (including phenoxy) is 1. The molecule has 0 aliphatic rings. The van der Waals surface area contributed by atoms with E-state index in [2.05, 4.69) is 0 Å². The molecule has 4 heteroatoms. The molecule has 0 fully saturated rings. The Morgan fingerprint density at radius 1 is 1.06 bits per heavy atom. The predicted molar refractivity (Wildman–Crippen MR) is 62.6 cm³/mol. The van der Waals surface area contributed by atoms with E-state index in [-0.39, 0.29) is 5.02 Å². The lowest BCUT2D eigenvalue weighted by molar-refractivity contribution is 0.477. The van der Waals surface area contributed by atoms with Crippen LogP contribution in [-0.2, 0) is 0 Å². The van der Waals surface area contributed by atoms with Crippen molar-refractivity contribution in [2.24, 2.45) is 0 Å². The molecule has 0 unspecified atom stereocenters. The highest BCUT2D eigenvalue weighted by Gasteiger charge is 2.03. The van der Waals surface area contributed by atoms with Crippen LogP contribution in [0.15, 0.2) is 42.5 Å². The highest BCUT2D eigenvalue weighted by atomic mass is 35.5. The summed E-state index contributed by atoms with van der Waals surface area (Å²) in [6.45, 7) is 0. The van der Waals surface area contributed by atoms with Crippen LogP contribution >= 0.6 is 11.6 Å². The summed E-state index contributed by atoms with van der Waals surface area (Å²) in [7, 11) is 0. The third-order valence-corrected chi connectivity index (χ3v) is 2.42. The second-order valence-electron chi connectivity index (χ2n) is 3.31. The number of hydrogen-bond donors (Lipinski definition) is 0. The molecule has 0 aliphatic carbocycles. The van der Waals surface area contributed by atoms with Crippen molar-refractivity contribution >= 4 is 11.6 Å². The number of hydrogen-bond acceptors (Lipinski definition) is 2. The summed E-state index contributed by atoms with van der Waals surface area (Å²) >= 11 is 5.56. The van der Waals surface area contributed by atoms with Gasteiger partial charge < -0.3 is 4.74 Å². The smallest absolute Gasteiger partial charge is 0.145 e. The molecule has 84 valence electrons. The number of nitriles is 1. The summed E-state index contributed by atoms with van der Waals surface area (Å²) in [6.07, 6.45) is 0. The fourth-order valence-corrected chi connectivity index (χ4v) is 1.39. The lowest BCUT2D eigenvalue weighted by Crippen LogP contribution is -1.86. The lowest BCUT2D eigenvalue weighted by atomic mass is 10.2. The van der Waals surface area contributed by atoms with Crippen LogP contribution in [0.25, 0.3) is 0 Å². The van der Waals surface area contributed by atoms with E-state index in [4.69, 9.17) is 21.6 Å². The van der Waals surface area contributed by atoms with Crippen molar-refractivity contribution in [2.45, 2.75) is 0 Å². The first-order valence-corrected chi connectivity index (χ1v) is 5.20. The van der Waals surface area contributed by atoms with E-state index in [0.29, 0.717) is 17.1 Å². The average molecular weight is 248 g/mol. The van der Waals surface area contributed by atoms with Crippen molar-refractivity contribution in [3.05, 3.63) is 58.9 Å². The largest absolute Gasteiger partial charge is 0.457 e. The average Bonchev–Trinajstić information content (AvgIpc) is 2.35. The number of halogens is 2. The number of benzene rings is 2. The van der Waals surface area contributed by atoms with Gasteiger partial charge in [0.1, 0.15) is 17.3 Å². The Morgan fingerprint density at radius 3 is 2.29 bits per heavy atom. The van der Waals surface area contributed by atoms with Gasteiger partial charge in [0.2, 0.25) is 0 Å². The SMILES string of the molecule is N#Cc1ccc(Oc2ccc(Cl)c(F)c2)cc1. The molecule has 2 aromatic carbocycles. The van der Waals surface area contributed by atoms with Crippen molar-refractivity contribution < 1.29 is 9.13 Å². The molecule has 2 rings (SSSR count). The Kier molecular flexibility index (Phi) is 3.27. The Balaban J connectivity index is 2.20. The summed E-state index contributed by atoms with van der Waals surface area (Å²) in [5.41, 5.74) is 0.541. The molecule has 0 N–H and O–H groups in total. The van der Waals surface area contributed by atoms with Gasteiger partial charge in [-0.2, -0.15) is 5.26 Å². The van der Waals surface area contributed by atoms with E-state index >= 15 is 0 Å². The maximum absolute atomic E-state index is 13.1. The maximum Gasteiger partial charge on any atom is 0.145 e. The molecule has 0 saturated heterocycles. The van der Waals surface area contributed by atoms with Gasteiger partial charge >= 0.3 is 0 Å². The van der Waals surface area contributed by atoms with Gasteiger partial charge in [-0.05, 0) is 36.4 Å². The van der Waals surface area contributed by atoms with Gasteiger partial charge in [-0.25, -0.2) is 4.39 Å². The zero-order valence-corrected chi connectivity index (χ0v) is 9.41. The van der Waals surface area contributed by atoms with Gasteiger partial charge in [0.05, 0.1) is 16.7 Å². The first-order valence-electron chi connectivity index (χ1n) is 4.82. The van der Waals surface area contributed by atoms with Crippen molar-refractivity contribution in [3.63, 3.8) is 0 Å². The molecular formula is C13H7ClFNO. The molecular weight excluding hydrogens is 241 g/mol. The second-order valence-corrected chi connectivity index (χ2v) is 3.72. The van der Waals surface area contributed by atoms with Crippen LogP contribution in [0.5, 0.6) is 11.5 Å². The van der Waals surface area contributed by atoms with Crippen LogP contribution in [0.2, 0.25) is 5.02 Å². The topological polar surface area (TPSA) is 33.0 Å². The van der Waals surface area contributed by atoms with Gasteiger partial charge in [0.25, 0.3) is 0 Å². The first-order chi connectivity index (χ1) is 8.19. The van der Waals surface area contributed by atoms with Gasteiger partial charge in [0, 0.05) is 6.07 Å². The van der Waals surface area contributed by atoms with Crippen LogP contribution < -0.4 is 4.74 Å². The van der Waals surface area contributed by atoms with Crippen LogP contribution in [0.4, 0.5) is 4.39 Å². The van der Waals surface area contributed by atoms with Gasteiger partial charge in [-0.3, -0.25) is 0 Å². The number of rotatable bonds is 2. The Hall–Kier alpha value is -2.05. The molecule has 0 aromatic heterocycles. The van der Waals surface area contributed by atoms with E-state index in [1.54, 1.807) is 30.3 Å². The quantitative estimate of drug-likeness (QED) is 0.799. The minimum absolute atomic E-state index is 0.0529. The summed E-state index contributed by atoms with van der Waals surface area (Å²) in [6, 6.07) is 12.8. The molecule has 0 bridgehead atoms. The molecule has 2 nitrogen and oxygen atoms in total. The standard InChI is InChI=1S/C13H7ClFNO/c14-12-6-5-11(7-13(12)15)17-10-3-1-9(8-16)2-4-10/h1-7H. The second kappa shape index (κ2) is 4.86. The van der Waals surface area contributed by atoms with Gasteiger partial charge in [0.15, 0.2) is 0 Å². The summed E-state index contributed by atoms with van der Waals surface area (Å²) in [4.78, 5) is 0. The monoisotopic (exact) mass is 247 g/mol. The van der Waals surface area contributed by atoms with Gasteiger partial charge in [-0.15, -0.1) is 0 Å². The van der Waals surface area contributed by atoms with Crippen molar-refractivity contribution in [1.82, 2.24) is 0 Å². The van der Waals surface area contributed by atoms with E-state index < -0.39 is 5.82 Å². The molecule has 2 aromatic rings. The molecule has 0 saturated carbocycles. The maximum atomic E-state index is 13.1. The van der Waals surface area contributed by atoms with E-state index in [1.807, 2.05) is 6.07 Å². The fourth-order valence-electron chi connectivity index (χ4n) is 1.27. The minimum atomic E-state index is -0.530. The molecule has 0 heterocycles. The normalized spacial score (nSPS) is 9.71. The molecule has 0 atom stereocenters. The third-order valence-electron chi connectivity index (χ3n) is 2.11. The molecule has 0 radical (unpaired) electrons. The lowest BCUT2D eigenvalue weighted by Gasteiger charge is -2.05. The molecule has 0 amide bonds. The Labute approximate surface area is 103 Å². The van der Waals surface area contributed by atoms with Crippen LogP contribution in [0.1, 0.15) is 5.56 Å². The van der Waals surface area contributed by atoms with Crippen molar-refractivity contribution in [1.29, 1.82) is 5.26 Å². The third kappa shape index (κ3) is 2.74. The predicted octanol–water partition coefficient (Wildman–Crippen LogP) is 4.14. The van der Waals surface area contributed by atoms with E-state index in [0.717, 1.165) is 0 Å². The van der Waals surface area contributed by atoms with Crippen LogP contribution in [0.3, 0.4) is 0 Å². The molecule has 0 spiro atoms. The zero-order valence-electron chi connectivity index (χ0n) is 8.65. The summed E-state index contributed by atoms with van der Waals surface area (Å²) in [5, 5.41) is 8.68. The summed E-state index contributed by atoms with van der Waals surface area (Å²) in [5.74, 6) is 0.361. The summed E-state index contributed by atoms with van der Waals surface area (Å²) < 4.78 is 18.6. The fraction of sp³-hybridized carbons (Fsp3) is 0. The molecule has 0 aliphatic heterocycles. The van der Waals surface area contributed by atoms with Crippen molar-refractivity contribution in [2.75, 3.05) is 0 Å². The van der Waals surface area contributed by atoms with E-state index in [9.17, 15) is 4.39 Å². The molecule has 17 heavy (non-hydrogen) atoms. The Morgan fingerprint density at radius 2 is 1.71 bits per heavy atom. The van der Waals surface area contributed by atoms with Crippen molar-refractivity contribution in [3.8, 4) is 17.6 Å². The highest BCUT2D eigenvalue weighted by Crippen LogP contribution is 2.25. The van der Waals surface area contributed by atoms with Gasteiger partial charge in [-0.1, -0.05) is 11.6 Å². The minimum Gasteiger partial charge on any atom is -0.457 e. The van der Waals surface area contributed by atoms with Crippen LogP contribution in [-0.4, -0.2) is 0 Å². The van der Waals surface area contributed by atoms with Crippen LogP contribution in [0, 0.1) is 17.1 Å². The van der Waals surface area contributed by atoms with E-state index in [1.165, 1.54) is 12.1 Å². The number of nitrogens with zero attached hydrogens (tertiary/aromatic N) is 1.